The first-order valence-corrected chi connectivity index (χ1v) is 6.83. The quantitative estimate of drug-likeness (QED) is 0.933. The van der Waals surface area contributed by atoms with E-state index in [0.29, 0.717) is 10.9 Å². The van der Waals surface area contributed by atoms with Gasteiger partial charge in [-0.05, 0) is 38.5 Å². The second kappa shape index (κ2) is 5.84. The zero-order chi connectivity index (χ0) is 13.8. The number of aromatic nitrogens is 1. The van der Waals surface area contributed by atoms with Gasteiger partial charge in [0.15, 0.2) is 11.2 Å². The standard InChI is InChI=1S/C14H16N2O2S/c1-9-5-4-6-12(7-9)18-11(3)13(17)16-14-15-8-10(2)19-14/h4-8,11H,1-3H3,(H,15,16,17)/t11-/m0/s1. The molecule has 100 valence electrons. The van der Waals surface area contributed by atoms with E-state index >= 15 is 0 Å². The van der Waals surface area contributed by atoms with Gasteiger partial charge in [-0.3, -0.25) is 10.1 Å². The van der Waals surface area contributed by atoms with Crippen LogP contribution in [0.2, 0.25) is 0 Å². The van der Waals surface area contributed by atoms with Gasteiger partial charge < -0.3 is 4.74 Å². The average Bonchev–Trinajstić information content (AvgIpc) is 2.74. The Bertz CT molecular complexity index is 580. The van der Waals surface area contributed by atoms with Gasteiger partial charge in [0, 0.05) is 11.1 Å². The first-order valence-electron chi connectivity index (χ1n) is 6.01. The van der Waals surface area contributed by atoms with Crippen molar-refractivity contribution >= 4 is 22.4 Å². The summed E-state index contributed by atoms with van der Waals surface area (Å²) in [4.78, 5) is 17.1. The molecule has 1 aromatic heterocycles. The lowest BCUT2D eigenvalue weighted by Gasteiger charge is -2.13. The van der Waals surface area contributed by atoms with E-state index in [-0.39, 0.29) is 5.91 Å². The monoisotopic (exact) mass is 276 g/mol. The van der Waals surface area contributed by atoms with Gasteiger partial charge in [-0.15, -0.1) is 11.3 Å². The van der Waals surface area contributed by atoms with Crippen LogP contribution < -0.4 is 10.1 Å². The van der Waals surface area contributed by atoms with Crippen LogP contribution in [0.1, 0.15) is 17.4 Å². The highest BCUT2D eigenvalue weighted by Crippen LogP contribution is 2.18. The second-order valence-electron chi connectivity index (χ2n) is 4.34. The van der Waals surface area contributed by atoms with Crippen molar-refractivity contribution in [3.63, 3.8) is 0 Å². The fourth-order valence-electron chi connectivity index (χ4n) is 1.57. The molecule has 0 saturated heterocycles. The number of ether oxygens (including phenoxy) is 1. The van der Waals surface area contributed by atoms with Crippen molar-refractivity contribution < 1.29 is 9.53 Å². The zero-order valence-electron chi connectivity index (χ0n) is 11.1. The molecule has 0 spiro atoms. The molecule has 1 aromatic carbocycles. The fraction of sp³-hybridized carbons (Fsp3) is 0.286. The van der Waals surface area contributed by atoms with Crippen molar-refractivity contribution in [2.75, 3.05) is 5.32 Å². The number of amides is 1. The SMILES string of the molecule is Cc1cccc(O[C@@H](C)C(=O)Nc2ncc(C)s2)c1. The number of carbonyl (C=O) groups excluding carboxylic acids is 1. The molecular formula is C14H16N2O2S. The second-order valence-corrected chi connectivity index (χ2v) is 5.58. The maximum atomic E-state index is 11.9. The molecule has 0 aliphatic carbocycles. The largest absolute Gasteiger partial charge is 0.481 e. The number of aryl methyl sites for hydroxylation is 2. The first-order chi connectivity index (χ1) is 9.04. The number of thiazole rings is 1. The summed E-state index contributed by atoms with van der Waals surface area (Å²) in [5.41, 5.74) is 1.10. The molecule has 19 heavy (non-hydrogen) atoms. The topological polar surface area (TPSA) is 51.2 Å². The molecule has 0 saturated carbocycles. The van der Waals surface area contributed by atoms with E-state index in [1.807, 2.05) is 38.1 Å². The summed E-state index contributed by atoms with van der Waals surface area (Å²) in [6, 6.07) is 7.62. The van der Waals surface area contributed by atoms with Gasteiger partial charge in [-0.1, -0.05) is 12.1 Å². The van der Waals surface area contributed by atoms with Crippen molar-refractivity contribution in [3.05, 3.63) is 40.9 Å². The lowest BCUT2D eigenvalue weighted by atomic mass is 10.2. The van der Waals surface area contributed by atoms with E-state index < -0.39 is 6.10 Å². The number of benzene rings is 1. The van der Waals surface area contributed by atoms with Gasteiger partial charge in [0.2, 0.25) is 0 Å². The van der Waals surface area contributed by atoms with Crippen LogP contribution in [0.3, 0.4) is 0 Å². The normalized spacial score (nSPS) is 11.9. The van der Waals surface area contributed by atoms with Crippen LogP contribution in [-0.4, -0.2) is 17.0 Å². The predicted molar refractivity (Wildman–Crippen MR) is 76.7 cm³/mol. The van der Waals surface area contributed by atoms with Gasteiger partial charge in [0.05, 0.1) is 0 Å². The van der Waals surface area contributed by atoms with Crippen molar-refractivity contribution in [1.29, 1.82) is 0 Å². The Hall–Kier alpha value is -1.88. The molecular weight excluding hydrogens is 260 g/mol. The molecule has 1 atom stereocenters. The van der Waals surface area contributed by atoms with E-state index in [1.54, 1.807) is 13.1 Å². The minimum Gasteiger partial charge on any atom is -0.481 e. The van der Waals surface area contributed by atoms with Gasteiger partial charge in [-0.25, -0.2) is 4.98 Å². The molecule has 1 heterocycles. The minimum absolute atomic E-state index is 0.198. The summed E-state index contributed by atoms with van der Waals surface area (Å²) >= 11 is 1.44. The van der Waals surface area contributed by atoms with Crippen molar-refractivity contribution in [1.82, 2.24) is 4.98 Å². The lowest BCUT2D eigenvalue weighted by molar-refractivity contribution is -0.122. The Morgan fingerprint density at radius 3 is 2.84 bits per heavy atom. The Kier molecular flexibility index (Phi) is 4.16. The highest BCUT2D eigenvalue weighted by atomic mass is 32.1. The van der Waals surface area contributed by atoms with Crippen molar-refractivity contribution in [2.45, 2.75) is 26.9 Å². The van der Waals surface area contributed by atoms with Crippen LogP contribution in [0.15, 0.2) is 30.5 Å². The van der Waals surface area contributed by atoms with E-state index in [2.05, 4.69) is 10.3 Å². The van der Waals surface area contributed by atoms with Crippen LogP contribution in [0.5, 0.6) is 5.75 Å². The predicted octanol–water partition coefficient (Wildman–Crippen LogP) is 3.17. The molecule has 1 N–H and O–H groups in total. The van der Waals surface area contributed by atoms with Gasteiger partial charge >= 0.3 is 0 Å². The molecule has 0 fully saturated rings. The number of anilines is 1. The third-order valence-electron chi connectivity index (χ3n) is 2.52. The van der Waals surface area contributed by atoms with Gasteiger partial charge in [0.25, 0.3) is 5.91 Å². The summed E-state index contributed by atoms with van der Waals surface area (Å²) < 4.78 is 5.60. The van der Waals surface area contributed by atoms with E-state index in [4.69, 9.17) is 4.74 Å². The minimum atomic E-state index is -0.564. The molecule has 2 aromatic rings. The van der Waals surface area contributed by atoms with Crippen LogP contribution in [-0.2, 0) is 4.79 Å². The summed E-state index contributed by atoms with van der Waals surface area (Å²) in [6.07, 6.45) is 1.16. The number of hydrogen-bond donors (Lipinski definition) is 1. The van der Waals surface area contributed by atoms with Crippen LogP contribution in [0.4, 0.5) is 5.13 Å². The molecule has 5 heteroatoms. The highest BCUT2D eigenvalue weighted by molar-refractivity contribution is 7.15. The van der Waals surface area contributed by atoms with Crippen LogP contribution in [0.25, 0.3) is 0 Å². The molecule has 2 rings (SSSR count). The van der Waals surface area contributed by atoms with Crippen molar-refractivity contribution in [2.24, 2.45) is 0 Å². The molecule has 0 bridgehead atoms. The lowest BCUT2D eigenvalue weighted by Crippen LogP contribution is -2.30. The van der Waals surface area contributed by atoms with E-state index in [0.717, 1.165) is 10.4 Å². The van der Waals surface area contributed by atoms with E-state index in [1.165, 1.54) is 11.3 Å². The van der Waals surface area contributed by atoms with Crippen molar-refractivity contribution in [3.8, 4) is 5.75 Å². The third kappa shape index (κ3) is 3.79. The molecule has 4 nitrogen and oxygen atoms in total. The molecule has 1 amide bonds. The molecule has 0 aliphatic heterocycles. The Morgan fingerprint density at radius 1 is 1.42 bits per heavy atom. The number of nitrogens with zero attached hydrogens (tertiary/aromatic N) is 1. The van der Waals surface area contributed by atoms with Gasteiger partial charge in [0.1, 0.15) is 5.75 Å². The average molecular weight is 276 g/mol. The van der Waals surface area contributed by atoms with Crippen LogP contribution >= 0.6 is 11.3 Å². The number of rotatable bonds is 4. The highest BCUT2D eigenvalue weighted by Gasteiger charge is 2.16. The summed E-state index contributed by atoms with van der Waals surface area (Å²) in [6.45, 7) is 5.65. The number of nitrogens with one attached hydrogen (secondary N) is 1. The summed E-state index contributed by atoms with van der Waals surface area (Å²) in [5.74, 6) is 0.494. The summed E-state index contributed by atoms with van der Waals surface area (Å²) in [5, 5.41) is 3.34. The van der Waals surface area contributed by atoms with Gasteiger partial charge in [-0.2, -0.15) is 0 Å². The molecule has 0 unspecified atom stereocenters. The molecule has 0 aliphatic rings. The number of carbonyl (C=O) groups is 1. The number of hydrogen-bond acceptors (Lipinski definition) is 4. The Morgan fingerprint density at radius 2 is 2.21 bits per heavy atom. The molecule has 0 radical (unpaired) electrons. The maximum absolute atomic E-state index is 11.9. The van der Waals surface area contributed by atoms with E-state index in [9.17, 15) is 4.79 Å². The Labute approximate surface area is 116 Å². The van der Waals surface area contributed by atoms with Crippen LogP contribution in [0, 0.1) is 13.8 Å². The first kappa shape index (κ1) is 13.5. The zero-order valence-corrected chi connectivity index (χ0v) is 12.0. The smallest absolute Gasteiger partial charge is 0.266 e. The maximum Gasteiger partial charge on any atom is 0.266 e. The Balaban J connectivity index is 1.96. The third-order valence-corrected chi connectivity index (χ3v) is 3.35. The summed E-state index contributed by atoms with van der Waals surface area (Å²) in [7, 11) is 0. The fourth-order valence-corrected chi connectivity index (χ4v) is 2.23.